The van der Waals surface area contributed by atoms with E-state index < -0.39 is 18.1 Å². The molecule has 1 aromatic heterocycles. The molecule has 1 aliphatic rings. The van der Waals surface area contributed by atoms with Crippen LogP contribution in [0.5, 0.6) is 0 Å². The number of benzene rings is 1. The van der Waals surface area contributed by atoms with Crippen LogP contribution in [0.25, 0.3) is 0 Å². The van der Waals surface area contributed by atoms with Crippen LogP contribution in [0.1, 0.15) is 62.7 Å². The van der Waals surface area contributed by atoms with Crippen molar-refractivity contribution in [1.29, 1.82) is 0 Å². The molecule has 8 heteroatoms. The minimum Gasteiger partial charge on any atom is -0.444 e. The lowest BCUT2D eigenvalue weighted by atomic mass is 10.0. The molecule has 0 unspecified atom stereocenters. The number of fused-ring (bicyclic) bond motifs is 1. The van der Waals surface area contributed by atoms with Crippen LogP contribution in [-0.4, -0.2) is 38.1 Å². The molecular formula is C19H24F2N4O2. The van der Waals surface area contributed by atoms with Gasteiger partial charge >= 0.3 is 6.09 Å². The molecule has 27 heavy (non-hydrogen) atoms. The van der Waals surface area contributed by atoms with Crippen LogP contribution in [0.15, 0.2) is 24.3 Å². The van der Waals surface area contributed by atoms with Crippen molar-refractivity contribution in [3.8, 4) is 0 Å². The molecule has 6 nitrogen and oxygen atoms in total. The monoisotopic (exact) mass is 378 g/mol. The third-order valence-electron chi connectivity index (χ3n) is 4.56. The van der Waals surface area contributed by atoms with Gasteiger partial charge in [-0.1, -0.05) is 29.5 Å². The highest BCUT2D eigenvalue weighted by atomic mass is 19.3. The fraction of sp³-hybridized carbons (Fsp3) is 0.526. The Labute approximate surface area is 157 Å². The number of nitrogens with zero attached hydrogens (tertiary/aromatic N) is 4. The molecule has 0 saturated carbocycles. The maximum absolute atomic E-state index is 13.2. The number of amides is 1. The van der Waals surface area contributed by atoms with Crippen LogP contribution in [0.2, 0.25) is 0 Å². The molecule has 1 aromatic carbocycles. The van der Waals surface area contributed by atoms with Gasteiger partial charge in [0.25, 0.3) is 6.43 Å². The lowest BCUT2D eigenvalue weighted by Crippen LogP contribution is -2.42. The number of carbonyl (C=O) groups excluding carboxylic acids is 1. The highest BCUT2D eigenvalue weighted by Crippen LogP contribution is 2.30. The number of rotatable bonds is 3. The molecular weight excluding hydrogens is 354 g/mol. The summed E-state index contributed by atoms with van der Waals surface area (Å²) >= 11 is 0. The molecule has 1 amide bonds. The second-order valence-corrected chi connectivity index (χ2v) is 7.68. The molecule has 0 spiro atoms. The third-order valence-corrected chi connectivity index (χ3v) is 4.56. The van der Waals surface area contributed by atoms with Crippen LogP contribution in [0, 0.1) is 0 Å². The van der Waals surface area contributed by atoms with Crippen LogP contribution in [0.4, 0.5) is 13.6 Å². The van der Waals surface area contributed by atoms with E-state index in [1.807, 2.05) is 27.7 Å². The quantitative estimate of drug-likeness (QED) is 0.806. The number of hydrogen-bond donors (Lipinski definition) is 0. The van der Waals surface area contributed by atoms with E-state index in [1.165, 1.54) is 6.07 Å². The minimum absolute atomic E-state index is 0.000916. The normalized spacial score (nSPS) is 17.1. The third kappa shape index (κ3) is 4.09. The number of alkyl halides is 2. The fourth-order valence-electron chi connectivity index (χ4n) is 3.24. The number of ether oxygens (including phenoxy) is 1. The lowest BCUT2D eigenvalue weighted by molar-refractivity contribution is 0.0154. The molecule has 0 N–H and O–H groups in total. The van der Waals surface area contributed by atoms with Gasteiger partial charge in [0.2, 0.25) is 0 Å². The van der Waals surface area contributed by atoms with E-state index in [1.54, 1.807) is 27.8 Å². The van der Waals surface area contributed by atoms with E-state index in [4.69, 9.17) is 4.74 Å². The van der Waals surface area contributed by atoms with Gasteiger partial charge in [0.05, 0.1) is 18.3 Å². The molecule has 0 aliphatic carbocycles. The van der Waals surface area contributed by atoms with Gasteiger partial charge in [-0.05, 0) is 33.3 Å². The Morgan fingerprint density at radius 1 is 1.33 bits per heavy atom. The van der Waals surface area contributed by atoms with Gasteiger partial charge in [-0.2, -0.15) is 0 Å². The van der Waals surface area contributed by atoms with Crippen LogP contribution >= 0.6 is 0 Å². The van der Waals surface area contributed by atoms with E-state index >= 15 is 0 Å². The van der Waals surface area contributed by atoms with Gasteiger partial charge in [0.1, 0.15) is 11.3 Å². The smallest absolute Gasteiger partial charge is 0.410 e. The average molecular weight is 378 g/mol. The number of carbonyl (C=O) groups is 1. The van der Waals surface area contributed by atoms with Crippen LogP contribution in [-0.2, 0) is 17.7 Å². The van der Waals surface area contributed by atoms with Crippen molar-refractivity contribution in [2.45, 2.75) is 58.7 Å². The van der Waals surface area contributed by atoms with E-state index in [9.17, 15) is 13.6 Å². The van der Waals surface area contributed by atoms with Crippen LogP contribution < -0.4 is 0 Å². The second kappa shape index (κ2) is 7.25. The maximum Gasteiger partial charge on any atom is 0.410 e. The number of aromatic nitrogens is 3. The molecule has 1 atom stereocenters. The Balaban J connectivity index is 1.82. The largest absolute Gasteiger partial charge is 0.444 e. The number of halogens is 2. The molecule has 0 fully saturated rings. The molecule has 2 aromatic rings. The predicted octanol–water partition coefficient (Wildman–Crippen LogP) is 4.12. The van der Waals surface area contributed by atoms with Gasteiger partial charge in [-0.15, -0.1) is 5.10 Å². The SMILES string of the molecule is C[C@H]1c2nnn(Cc3ccccc3C(F)F)c2CCN1C(=O)OC(C)(C)C. The Morgan fingerprint density at radius 2 is 2.04 bits per heavy atom. The van der Waals surface area contributed by atoms with Crippen molar-refractivity contribution >= 4 is 6.09 Å². The highest BCUT2D eigenvalue weighted by molar-refractivity contribution is 5.69. The maximum atomic E-state index is 13.2. The minimum atomic E-state index is -2.54. The second-order valence-electron chi connectivity index (χ2n) is 7.68. The number of hydrogen-bond acceptors (Lipinski definition) is 4. The summed E-state index contributed by atoms with van der Waals surface area (Å²) in [6, 6.07) is 6.15. The predicted molar refractivity (Wildman–Crippen MR) is 95.6 cm³/mol. The van der Waals surface area contributed by atoms with Crippen molar-refractivity contribution in [1.82, 2.24) is 19.9 Å². The zero-order chi connectivity index (χ0) is 19.8. The fourth-order valence-corrected chi connectivity index (χ4v) is 3.24. The Morgan fingerprint density at radius 3 is 2.70 bits per heavy atom. The van der Waals surface area contributed by atoms with E-state index in [2.05, 4.69) is 10.3 Å². The van der Waals surface area contributed by atoms with Crippen molar-refractivity contribution in [3.05, 3.63) is 46.8 Å². The first kappa shape index (κ1) is 19.3. The molecule has 0 saturated heterocycles. The van der Waals surface area contributed by atoms with E-state index in [-0.39, 0.29) is 18.2 Å². The summed E-state index contributed by atoms with van der Waals surface area (Å²) in [5.74, 6) is 0. The van der Waals surface area contributed by atoms with E-state index in [0.29, 0.717) is 24.2 Å². The van der Waals surface area contributed by atoms with Crippen molar-refractivity contribution in [2.24, 2.45) is 0 Å². The average Bonchev–Trinajstić information content (AvgIpc) is 2.97. The molecule has 0 bridgehead atoms. The summed E-state index contributed by atoms with van der Waals surface area (Å²) in [6.07, 6.45) is -2.39. The van der Waals surface area contributed by atoms with Gasteiger partial charge in [-0.25, -0.2) is 18.3 Å². The van der Waals surface area contributed by atoms with E-state index in [0.717, 1.165) is 5.69 Å². The summed E-state index contributed by atoms with van der Waals surface area (Å²) in [7, 11) is 0. The first-order valence-corrected chi connectivity index (χ1v) is 8.95. The summed E-state index contributed by atoms with van der Waals surface area (Å²) in [4.78, 5) is 14.0. The molecule has 1 aliphatic heterocycles. The van der Waals surface area contributed by atoms with Crippen LogP contribution in [0.3, 0.4) is 0 Å². The summed E-state index contributed by atoms with van der Waals surface area (Å²) in [5, 5.41) is 8.37. The highest BCUT2D eigenvalue weighted by Gasteiger charge is 2.34. The molecule has 3 rings (SSSR count). The molecule has 146 valence electrons. The lowest BCUT2D eigenvalue weighted by Gasteiger charge is -2.34. The molecule has 2 heterocycles. The van der Waals surface area contributed by atoms with Gasteiger partial charge in [-0.3, -0.25) is 4.90 Å². The van der Waals surface area contributed by atoms with Gasteiger partial charge in [0, 0.05) is 18.5 Å². The summed E-state index contributed by atoms with van der Waals surface area (Å²) < 4.78 is 33.6. The zero-order valence-electron chi connectivity index (χ0n) is 15.9. The summed E-state index contributed by atoms with van der Waals surface area (Å²) in [6.45, 7) is 8.02. The van der Waals surface area contributed by atoms with Gasteiger partial charge < -0.3 is 4.74 Å². The zero-order valence-corrected chi connectivity index (χ0v) is 15.9. The van der Waals surface area contributed by atoms with Crippen molar-refractivity contribution < 1.29 is 18.3 Å². The first-order chi connectivity index (χ1) is 12.7. The van der Waals surface area contributed by atoms with Gasteiger partial charge in [0.15, 0.2) is 0 Å². The standard InChI is InChI=1S/C19H24F2N4O2/c1-12-16-15(9-10-24(12)18(26)27-19(2,3)4)25(23-22-16)11-13-7-5-6-8-14(13)17(20)21/h5-8,12,17H,9-11H2,1-4H3/t12-/m0/s1. The van der Waals surface area contributed by atoms with Crippen molar-refractivity contribution in [3.63, 3.8) is 0 Å². The Kier molecular flexibility index (Phi) is 5.17. The topological polar surface area (TPSA) is 60.2 Å². The Bertz CT molecular complexity index is 829. The summed E-state index contributed by atoms with van der Waals surface area (Å²) in [5.41, 5.74) is 1.49. The first-order valence-electron chi connectivity index (χ1n) is 8.95. The molecule has 0 radical (unpaired) electrons. The Hall–Kier alpha value is -2.51. The van der Waals surface area contributed by atoms with Crippen molar-refractivity contribution in [2.75, 3.05) is 6.54 Å².